The second kappa shape index (κ2) is 6.75. The van der Waals surface area contributed by atoms with Crippen LogP contribution in [-0.4, -0.2) is 40.7 Å². The van der Waals surface area contributed by atoms with Crippen LogP contribution in [0.25, 0.3) is 0 Å². The Morgan fingerprint density at radius 2 is 1.96 bits per heavy atom. The number of rotatable bonds is 4. The molecule has 126 valence electrons. The maximum atomic E-state index is 12.3. The number of nitrogens with zero attached hydrogens (tertiary/aromatic N) is 3. The van der Waals surface area contributed by atoms with Crippen LogP contribution < -0.4 is 5.32 Å². The van der Waals surface area contributed by atoms with E-state index in [1.165, 1.54) is 23.1 Å². The first-order valence-electron chi connectivity index (χ1n) is 6.96. The molecule has 0 aliphatic rings. The number of carbonyl (C=O) groups excluding carboxylic acids is 2. The zero-order chi connectivity index (χ0) is 18.0. The third kappa shape index (κ3) is 3.57. The van der Waals surface area contributed by atoms with Crippen molar-refractivity contribution in [2.45, 2.75) is 13.8 Å². The Balaban J connectivity index is 2.25. The third-order valence-corrected chi connectivity index (χ3v) is 4.35. The first kappa shape index (κ1) is 17.5. The molecule has 0 saturated heterocycles. The summed E-state index contributed by atoms with van der Waals surface area (Å²) in [5.41, 5.74) is 1.02. The number of hydrogen-bond acceptors (Lipinski definition) is 6. The Labute approximate surface area is 142 Å². The van der Waals surface area contributed by atoms with E-state index < -0.39 is 10.8 Å². The number of anilines is 1. The fourth-order valence-corrected chi connectivity index (χ4v) is 2.95. The molecule has 0 unspecified atom stereocenters. The van der Waals surface area contributed by atoms with Gasteiger partial charge in [0.05, 0.1) is 10.6 Å². The number of thiazole rings is 1. The van der Waals surface area contributed by atoms with Crippen molar-refractivity contribution >= 4 is 34.0 Å². The molecule has 0 radical (unpaired) electrons. The van der Waals surface area contributed by atoms with Gasteiger partial charge in [0, 0.05) is 31.3 Å². The molecule has 0 aliphatic carbocycles. The highest BCUT2D eigenvalue weighted by Gasteiger charge is 2.19. The van der Waals surface area contributed by atoms with Crippen LogP contribution in [0.4, 0.5) is 10.8 Å². The molecule has 1 aromatic heterocycles. The van der Waals surface area contributed by atoms with Crippen molar-refractivity contribution in [1.29, 1.82) is 0 Å². The molecule has 2 rings (SSSR count). The van der Waals surface area contributed by atoms with Gasteiger partial charge in [-0.3, -0.25) is 25.0 Å². The Kier molecular flexibility index (Phi) is 4.93. The summed E-state index contributed by atoms with van der Waals surface area (Å²) in [4.78, 5) is 40.7. The molecule has 1 N–H and O–H groups in total. The number of carbonyl (C=O) groups is 2. The van der Waals surface area contributed by atoms with Crippen molar-refractivity contribution in [3.63, 3.8) is 0 Å². The highest BCUT2D eigenvalue weighted by molar-refractivity contribution is 7.17. The summed E-state index contributed by atoms with van der Waals surface area (Å²) in [7, 11) is 3.26. The number of nitro benzene ring substituents is 1. The SMILES string of the molecule is Cc1ccc(C(=O)Nc2nc(C)c(C(=O)N(C)C)s2)cc1[N+](=O)[O-]. The van der Waals surface area contributed by atoms with Gasteiger partial charge in [0.1, 0.15) is 4.88 Å². The van der Waals surface area contributed by atoms with E-state index in [-0.39, 0.29) is 22.3 Å². The van der Waals surface area contributed by atoms with Crippen molar-refractivity contribution in [3.05, 3.63) is 50.0 Å². The van der Waals surface area contributed by atoms with Gasteiger partial charge in [-0.15, -0.1) is 0 Å². The van der Waals surface area contributed by atoms with Gasteiger partial charge in [-0.25, -0.2) is 4.98 Å². The lowest BCUT2D eigenvalue weighted by Crippen LogP contribution is -2.21. The van der Waals surface area contributed by atoms with Gasteiger partial charge in [0.25, 0.3) is 17.5 Å². The summed E-state index contributed by atoms with van der Waals surface area (Å²) in [6, 6.07) is 4.24. The quantitative estimate of drug-likeness (QED) is 0.675. The number of aromatic nitrogens is 1. The van der Waals surface area contributed by atoms with E-state index >= 15 is 0 Å². The number of nitro groups is 1. The number of benzene rings is 1. The number of nitrogens with one attached hydrogen (secondary N) is 1. The average Bonchev–Trinajstić information content (AvgIpc) is 2.86. The minimum atomic E-state index is -0.534. The van der Waals surface area contributed by atoms with E-state index in [0.29, 0.717) is 16.1 Å². The molecule has 0 fully saturated rings. The van der Waals surface area contributed by atoms with E-state index in [2.05, 4.69) is 10.3 Å². The summed E-state index contributed by atoms with van der Waals surface area (Å²) in [5, 5.41) is 13.8. The molecule has 2 amide bonds. The van der Waals surface area contributed by atoms with Crippen molar-refractivity contribution < 1.29 is 14.5 Å². The zero-order valence-electron chi connectivity index (χ0n) is 13.6. The molecule has 0 aliphatic heterocycles. The van der Waals surface area contributed by atoms with Crippen LogP contribution in [0.15, 0.2) is 18.2 Å². The van der Waals surface area contributed by atoms with Crippen LogP contribution >= 0.6 is 11.3 Å². The predicted molar refractivity (Wildman–Crippen MR) is 90.7 cm³/mol. The smallest absolute Gasteiger partial charge is 0.273 e. The van der Waals surface area contributed by atoms with Gasteiger partial charge < -0.3 is 4.90 Å². The first-order chi connectivity index (χ1) is 11.2. The van der Waals surface area contributed by atoms with Crippen molar-refractivity contribution in [2.24, 2.45) is 0 Å². The van der Waals surface area contributed by atoms with E-state index in [1.807, 2.05) is 0 Å². The molecule has 0 spiro atoms. The molecule has 2 aromatic rings. The maximum Gasteiger partial charge on any atom is 0.273 e. The Hall–Kier alpha value is -2.81. The molecule has 0 bridgehead atoms. The Morgan fingerprint density at radius 3 is 2.54 bits per heavy atom. The molecule has 8 nitrogen and oxygen atoms in total. The summed E-state index contributed by atoms with van der Waals surface area (Å²) in [6.45, 7) is 3.28. The number of amides is 2. The fourth-order valence-electron chi connectivity index (χ4n) is 1.97. The molecule has 1 aromatic carbocycles. The van der Waals surface area contributed by atoms with Crippen molar-refractivity contribution in [3.8, 4) is 0 Å². The average molecular weight is 348 g/mol. The van der Waals surface area contributed by atoms with Gasteiger partial charge >= 0.3 is 0 Å². The van der Waals surface area contributed by atoms with E-state index in [1.54, 1.807) is 27.9 Å². The summed E-state index contributed by atoms with van der Waals surface area (Å²) in [6.07, 6.45) is 0. The molecule has 0 atom stereocenters. The largest absolute Gasteiger partial charge is 0.344 e. The van der Waals surface area contributed by atoms with Gasteiger partial charge in [-0.2, -0.15) is 0 Å². The standard InChI is InChI=1S/C15H16N4O4S/c1-8-5-6-10(7-11(8)19(22)23)13(20)17-15-16-9(2)12(24-15)14(21)18(3)4/h5-7H,1-4H3,(H,16,17,20). The predicted octanol–water partition coefficient (Wildman–Crippen LogP) is 2.62. The second-order valence-corrected chi connectivity index (χ2v) is 6.34. The maximum absolute atomic E-state index is 12.3. The lowest BCUT2D eigenvalue weighted by molar-refractivity contribution is -0.385. The van der Waals surface area contributed by atoms with Gasteiger partial charge in [0.15, 0.2) is 5.13 Å². The molecule has 0 saturated carbocycles. The number of aryl methyl sites for hydroxylation is 2. The van der Waals surface area contributed by atoms with Crippen LogP contribution in [0.2, 0.25) is 0 Å². The van der Waals surface area contributed by atoms with Gasteiger partial charge in [0.2, 0.25) is 0 Å². The van der Waals surface area contributed by atoms with Crippen LogP contribution in [0.1, 0.15) is 31.3 Å². The highest BCUT2D eigenvalue weighted by atomic mass is 32.1. The first-order valence-corrected chi connectivity index (χ1v) is 7.78. The molecular weight excluding hydrogens is 332 g/mol. The van der Waals surface area contributed by atoms with E-state index in [0.717, 1.165) is 11.3 Å². The topological polar surface area (TPSA) is 105 Å². The summed E-state index contributed by atoms with van der Waals surface area (Å²) >= 11 is 1.06. The van der Waals surface area contributed by atoms with Gasteiger partial charge in [-0.1, -0.05) is 17.4 Å². The minimum Gasteiger partial charge on any atom is -0.344 e. The number of hydrogen-bond donors (Lipinski definition) is 1. The molecular formula is C15H16N4O4S. The normalized spacial score (nSPS) is 10.3. The summed E-state index contributed by atoms with van der Waals surface area (Å²) in [5.74, 6) is -0.716. The Morgan fingerprint density at radius 1 is 1.29 bits per heavy atom. The molecule has 9 heteroatoms. The third-order valence-electron chi connectivity index (χ3n) is 3.29. The van der Waals surface area contributed by atoms with Crippen molar-refractivity contribution in [2.75, 3.05) is 19.4 Å². The molecule has 1 heterocycles. The van der Waals surface area contributed by atoms with Crippen LogP contribution in [0, 0.1) is 24.0 Å². The van der Waals surface area contributed by atoms with Crippen LogP contribution in [-0.2, 0) is 0 Å². The summed E-state index contributed by atoms with van der Waals surface area (Å²) < 4.78 is 0. The van der Waals surface area contributed by atoms with Crippen molar-refractivity contribution in [1.82, 2.24) is 9.88 Å². The lowest BCUT2D eigenvalue weighted by atomic mass is 10.1. The molecule has 24 heavy (non-hydrogen) atoms. The fraction of sp³-hybridized carbons (Fsp3) is 0.267. The van der Waals surface area contributed by atoms with Crippen LogP contribution in [0.3, 0.4) is 0 Å². The van der Waals surface area contributed by atoms with E-state index in [9.17, 15) is 19.7 Å². The van der Waals surface area contributed by atoms with Gasteiger partial charge in [-0.05, 0) is 19.9 Å². The van der Waals surface area contributed by atoms with Crippen LogP contribution in [0.5, 0.6) is 0 Å². The Bertz CT molecular complexity index is 829. The highest BCUT2D eigenvalue weighted by Crippen LogP contribution is 2.25. The lowest BCUT2D eigenvalue weighted by Gasteiger charge is -2.07. The van der Waals surface area contributed by atoms with E-state index in [4.69, 9.17) is 0 Å². The zero-order valence-corrected chi connectivity index (χ0v) is 14.4. The minimum absolute atomic E-state index is 0.124. The second-order valence-electron chi connectivity index (χ2n) is 5.35. The monoisotopic (exact) mass is 348 g/mol.